The molecule has 3 amide bonds. The monoisotopic (exact) mass is 595 g/mol. The Bertz CT molecular complexity index is 1590. The van der Waals surface area contributed by atoms with Crippen molar-refractivity contribution in [2.75, 3.05) is 26.8 Å². The summed E-state index contributed by atoms with van der Waals surface area (Å²) in [4.78, 5) is 41.7. The fourth-order valence-corrected chi connectivity index (χ4v) is 6.63. The third-order valence-electron chi connectivity index (χ3n) is 7.31. The maximum atomic E-state index is 15.3. The number of carbonyl (C=O) groups is 3. The van der Waals surface area contributed by atoms with Crippen LogP contribution in [0.5, 0.6) is 5.75 Å². The maximum Gasteiger partial charge on any atom is 0.269 e. The topological polar surface area (TPSA) is 122 Å². The van der Waals surface area contributed by atoms with E-state index in [0.717, 1.165) is 17.7 Å². The Morgan fingerprint density at radius 2 is 1.81 bits per heavy atom. The van der Waals surface area contributed by atoms with Gasteiger partial charge in [-0.1, -0.05) is 42.5 Å². The number of hydrogen-bond acceptors (Lipinski definition) is 7. The molecule has 2 aliphatic heterocycles. The van der Waals surface area contributed by atoms with Gasteiger partial charge in [0.15, 0.2) is 0 Å². The molecule has 1 saturated heterocycles. The van der Waals surface area contributed by atoms with Crippen LogP contribution in [0.15, 0.2) is 77.7 Å². The summed E-state index contributed by atoms with van der Waals surface area (Å²) in [6.45, 7) is -0.344. The fraction of sp³-hybridized carbons (Fsp3) is 0.300. The molecule has 1 fully saturated rings. The smallest absolute Gasteiger partial charge is 0.269 e. The van der Waals surface area contributed by atoms with Gasteiger partial charge in [-0.25, -0.2) is 17.1 Å². The molecule has 2 atom stereocenters. The van der Waals surface area contributed by atoms with Crippen LogP contribution in [0.2, 0.25) is 0 Å². The minimum Gasteiger partial charge on any atom is -0.497 e. The van der Waals surface area contributed by atoms with E-state index in [1.54, 1.807) is 30.3 Å². The molecule has 0 saturated carbocycles. The number of hydrogen-bond donors (Lipinski definition) is 1. The van der Waals surface area contributed by atoms with Crippen molar-refractivity contribution in [3.8, 4) is 5.75 Å². The predicted molar refractivity (Wildman–Crippen MR) is 149 cm³/mol. The molecular formula is C30H30FN3O7S. The molecular weight excluding hydrogens is 565 g/mol. The van der Waals surface area contributed by atoms with Crippen LogP contribution in [-0.2, 0) is 30.9 Å². The number of benzene rings is 3. The second-order valence-electron chi connectivity index (χ2n) is 9.99. The van der Waals surface area contributed by atoms with Crippen LogP contribution in [0.1, 0.15) is 40.4 Å². The molecule has 0 unspecified atom stereocenters. The molecule has 3 aromatic carbocycles. The maximum absolute atomic E-state index is 15.3. The van der Waals surface area contributed by atoms with E-state index < -0.39 is 46.1 Å². The Hall–Kier alpha value is -4.29. The Morgan fingerprint density at radius 3 is 2.48 bits per heavy atom. The highest BCUT2D eigenvalue weighted by Crippen LogP contribution is 2.32. The lowest BCUT2D eigenvalue weighted by Crippen LogP contribution is -2.49. The summed E-state index contributed by atoms with van der Waals surface area (Å²) in [6, 6.07) is 16.5. The first kappa shape index (κ1) is 29.2. The van der Waals surface area contributed by atoms with Crippen LogP contribution in [-0.4, -0.2) is 68.3 Å². The van der Waals surface area contributed by atoms with Crippen molar-refractivity contribution in [2.24, 2.45) is 0 Å². The van der Waals surface area contributed by atoms with Gasteiger partial charge in [0.2, 0.25) is 11.8 Å². The summed E-state index contributed by atoms with van der Waals surface area (Å²) >= 11 is 0. The summed E-state index contributed by atoms with van der Waals surface area (Å²) in [6.07, 6.45) is 1.38. The third-order valence-corrected chi connectivity index (χ3v) is 9.10. The summed E-state index contributed by atoms with van der Waals surface area (Å²) in [5, 5.41) is 2.78. The number of nitrogens with one attached hydrogen (secondary N) is 1. The van der Waals surface area contributed by atoms with Crippen molar-refractivity contribution in [3.63, 3.8) is 0 Å². The first-order chi connectivity index (χ1) is 20.2. The lowest BCUT2D eigenvalue weighted by atomic mass is 10.0. The van der Waals surface area contributed by atoms with Gasteiger partial charge in [-0.05, 0) is 48.7 Å². The van der Waals surface area contributed by atoms with Crippen LogP contribution in [0.4, 0.5) is 4.39 Å². The highest BCUT2D eigenvalue weighted by Gasteiger charge is 2.44. The number of sulfonamides is 1. The zero-order valence-corrected chi connectivity index (χ0v) is 23.7. The number of carbonyl (C=O) groups excluding carboxylic acids is 3. The SMILES string of the molecule is COc1ccc(CN(C(=O)CN2C(=O)c3ccccc3S2(=O)=O)[C@H](C(=O)NC[C@@H]2CCCO2)c2ccccc2F)cc1. The second-order valence-corrected chi connectivity index (χ2v) is 11.8. The molecule has 2 aliphatic rings. The normalized spacial score (nSPS) is 17.9. The number of halogens is 1. The summed E-state index contributed by atoms with van der Waals surface area (Å²) in [7, 11) is -2.81. The molecule has 0 bridgehead atoms. The van der Waals surface area contributed by atoms with Gasteiger partial charge in [0.05, 0.1) is 18.8 Å². The molecule has 1 N–H and O–H groups in total. The third kappa shape index (κ3) is 5.86. The number of fused-ring (bicyclic) bond motifs is 1. The van der Waals surface area contributed by atoms with Crippen molar-refractivity contribution < 1.29 is 36.7 Å². The molecule has 0 aliphatic carbocycles. The summed E-state index contributed by atoms with van der Waals surface area (Å²) < 4.78 is 53.0. The Kier molecular flexibility index (Phi) is 8.55. The molecule has 0 aromatic heterocycles. The van der Waals surface area contributed by atoms with E-state index in [9.17, 15) is 22.8 Å². The zero-order valence-electron chi connectivity index (χ0n) is 22.9. The van der Waals surface area contributed by atoms with E-state index in [1.807, 2.05) is 0 Å². The quantitative estimate of drug-likeness (QED) is 0.382. The highest BCUT2D eigenvalue weighted by molar-refractivity contribution is 7.90. The average Bonchev–Trinajstić information content (AvgIpc) is 3.58. The van der Waals surface area contributed by atoms with E-state index in [-0.39, 0.29) is 35.2 Å². The average molecular weight is 596 g/mol. The minimum absolute atomic E-state index is 0.0491. The number of amides is 3. The van der Waals surface area contributed by atoms with Crippen molar-refractivity contribution in [1.82, 2.24) is 14.5 Å². The van der Waals surface area contributed by atoms with E-state index >= 15 is 4.39 Å². The van der Waals surface area contributed by atoms with E-state index in [4.69, 9.17) is 9.47 Å². The van der Waals surface area contributed by atoms with Crippen LogP contribution in [0, 0.1) is 5.82 Å². The largest absolute Gasteiger partial charge is 0.497 e. The van der Waals surface area contributed by atoms with Crippen LogP contribution in [0.3, 0.4) is 0 Å². The van der Waals surface area contributed by atoms with Gasteiger partial charge in [-0.2, -0.15) is 0 Å². The minimum atomic E-state index is -4.32. The van der Waals surface area contributed by atoms with Gasteiger partial charge in [0, 0.05) is 25.3 Å². The molecule has 3 aromatic rings. The molecule has 220 valence electrons. The van der Waals surface area contributed by atoms with Crippen molar-refractivity contribution in [1.29, 1.82) is 0 Å². The van der Waals surface area contributed by atoms with Crippen LogP contribution in [0.25, 0.3) is 0 Å². The van der Waals surface area contributed by atoms with Crippen LogP contribution < -0.4 is 10.1 Å². The van der Waals surface area contributed by atoms with Crippen molar-refractivity contribution >= 4 is 27.7 Å². The van der Waals surface area contributed by atoms with Gasteiger partial charge in [-0.3, -0.25) is 14.4 Å². The number of nitrogens with zero attached hydrogens (tertiary/aromatic N) is 2. The van der Waals surface area contributed by atoms with Gasteiger partial charge < -0.3 is 19.7 Å². The molecule has 0 radical (unpaired) electrons. The van der Waals surface area contributed by atoms with E-state index in [1.165, 1.54) is 49.6 Å². The second kappa shape index (κ2) is 12.3. The molecule has 12 heteroatoms. The van der Waals surface area contributed by atoms with E-state index in [2.05, 4.69) is 5.32 Å². The zero-order chi connectivity index (χ0) is 29.9. The molecule has 10 nitrogen and oxygen atoms in total. The molecule has 5 rings (SSSR count). The first-order valence-electron chi connectivity index (χ1n) is 13.4. The van der Waals surface area contributed by atoms with Crippen LogP contribution >= 0.6 is 0 Å². The van der Waals surface area contributed by atoms with Gasteiger partial charge in [0.1, 0.15) is 29.0 Å². The Balaban J connectivity index is 1.52. The van der Waals surface area contributed by atoms with E-state index in [0.29, 0.717) is 22.2 Å². The van der Waals surface area contributed by atoms with Gasteiger partial charge >= 0.3 is 0 Å². The number of rotatable bonds is 10. The number of methoxy groups -OCH3 is 1. The van der Waals surface area contributed by atoms with Gasteiger partial charge in [-0.15, -0.1) is 0 Å². The molecule has 42 heavy (non-hydrogen) atoms. The van der Waals surface area contributed by atoms with Gasteiger partial charge in [0.25, 0.3) is 15.9 Å². The Labute approximate surface area is 243 Å². The fourth-order valence-electron chi connectivity index (χ4n) is 5.12. The van der Waals surface area contributed by atoms with Crippen molar-refractivity contribution in [2.45, 2.75) is 36.4 Å². The van der Waals surface area contributed by atoms with Crippen molar-refractivity contribution in [3.05, 3.63) is 95.3 Å². The summed E-state index contributed by atoms with van der Waals surface area (Å²) in [5.41, 5.74) is 0.436. The Morgan fingerprint density at radius 1 is 1.10 bits per heavy atom. The number of ether oxygens (including phenoxy) is 2. The molecule has 0 spiro atoms. The predicted octanol–water partition coefficient (Wildman–Crippen LogP) is 3.04. The summed E-state index contributed by atoms with van der Waals surface area (Å²) in [5.74, 6) is -2.55. The highest BCUT2D eigenvalue weighted by atomic mass is 32.2. The lowest BCUT2D eigenvalue weighted by Gasteiger charge is -2.33. The molecule has 2 heterocycles. The standard InChI is InChI=1S/C30H30FN3O7S/c1-40-21-14-12-20(13-15-21)18-33(27(35)19-34-30(37)24-9-3-5-11-26(24)42(34,38)39)28(23-8-2-4-10-25(23)31)29(36)32-17-22-7-6-16-41-22/h2-5,8-15,22,28H,6-7,16-19H2,1H3,(H,32,36)/t22-,28-/m0/s1. The first-order valence-corrected chi connectivity index (χ1v) is 14.9. The lowest BCUT2D eigenvalue weighted by molar-refractivity contribution is -0.141.